The first-order valence-electron chi connectivity index (χ1n) is 7.91. The molecule has 118 valence electrons. The second kappa shape index (κ2) is 7.38. The van der Waals surface area contributed by atoms with Crippen LogP contribution in [0.2, 0.25) is 0 Å². The van der Waals surface area contributed by atoms with Crippen molar-refractivity contribution in [1.29, 1.82) is 0 Å². The number of sulfonamides is 1. The number of hydrogen-bond acceptors (Lipinski definition) is 3. The lowest BCUT2D eigenvalue weighted by Crippen LogP contribution is -2.40. The van der Waals surface area contributed by atoms with E-state index in [4.69, 9.17) is 5.73 Å². The SMILES string of the molecule is CCCCC(CN)NS(=O)(=O)c1ccc2c(c1)CCCC2. The van der Waals surface area contributed by atoms with Crippen LogP contribution < -0.4 is 10.5 Å². The molecule has 3 N–H and O–H groups in total. The van der Waals surface area contributed by atoms with Crippen LogP contribution in [-0.4, -0.2) is 21.0 Å². The highest BCUT2D eigenvalue weighted by Gasteiger charge is 2.20. The third-order valence-electron chi connectivity index (χ3n) is 4.14. The molecule has 0 saturated carbocycles. The van der Waals surface area contributed by atoms with Crippen molar-refractivity contribution < 1.29 is 8.42 Å². The lowest BCUT2D eigenvalue weighted by atomic mass is 9.92. The number of hydrogen-bond donors (Lipinski definition) is 2. The fraction of sp³-hybridized carbons (Fsp3) is 0.625. The number of nitrogens with one attached hydrogen (secondary N) is 1. The summed E-state index contributed by atoms with van der Waals surface area (Å²) in [4.78, 5) is 0.373. The first-order chi connectivity index (χ1) is 10.1. The Bertz CT molecular complexity index is 570. The quantitative estimate of drug-likeness (QED) is 0.812. The molecule has 0 amide bonds. The van der Waals surface area contributed by atoms with E-state index in [-0.39, 0.29) is 6.04 Å². The second-order valence-electron chi connectivity index (χ2n) is 5.83. The zero-order valence-corrected chi connectivity index (χ0v) is 13.6. The Morgan fingerprint density at radius 2 is 1.95 bits per heavy atom. The van der Waals surface area contributed by atoms with Gasteiger partial charge in [0.15, 0.2) is 0 Å². The van der Waals surface area contributed by atoms with Crippen LogP contribution in [0.3, 0.4) is 0 Å². The number of benzene rings is 1. The zero-order valence-electron chi connectivity index (χ0n) is 12.8. The Morgan fingerprint density at radius 1 is 1.24 bits per heavy atom. The summed E-state index contributed by atoms with van der Waals surface area (Å²) in [7, 11) is -3.47. The third kappa shape index (κ3) is 4.28. The molecule has 0 bridgehead atoms. The van der Waals surface area contributed by atoms with E-state index in [2.05, 4.69) is 11.6 Å². The van der Waals surface area contributed by atoms with Crippen molar-refractivity contribution in [3.63, 3.8) is 0 Å². The maximum Gasteiger partial charge on any atom is 0.240 e. The van der Waals surface area contributed by atoms with Gasteiger partial charge in [-0.25, -0.2) is 13.1 Å². The summed E-state index contributed by atoms with van der Waals surface area (Å²) >= 11 is 0. The van der Waals surface area contributed by atoms with Crippen molar-refractivity contribution in [3.8, 4) is 0 Å². The molecule has 0 aromatic heterocycles. The van der Waals surface area contributed by atoms with E-state index in [0.29, 0.717) is 11.4 Å². The number of aryl methyl sites for hydroxylation is 2. The first-order valence-corrected chi connectivity index (χ1v) is 9.39. The van der Waals surface area contributed by atoms with Crippen molar-refractivity contribution in [1.82, 2.24) is 4.72 Å². The average Bonchev–Trinajstić information content (AvgIpc) is 2.50. The standard InChI is InChI=1S/C16H26N2O2S/c1-2-3-8-15(12-17)18-21(19,20)16-10-9-13-6-4-5-7-14(13)11-16/h9-11,15,18H,2-8,12,17H2,1H3. The fourth-order valence-electron chi connectivity index (χ4n) is 2.84. The molecule has 1 atom stereocenters. The van der Waals surface area contributed by atoms with E-state index < -0.39 is 10.0 Å². The number of nitrogens with two attached hydrogens (primary N) is 1. The number of rotatable bonds is 7. The minimum Gasteiger partial charge on any atom is -0.329 e. The molecule has 1 aromatic carbocycles. The van der Waals surface area contributed by atoms with Crippen LogP contribution >= 0.6 is 0 Å². The molecule has 21 heavy (non-hydrogen) atoms. The average molecular weight is 310 g/mol. The molecule has 1 unspecified atom stereocenters. The van der Waals surface area contributed by atoms with Gasteiger partial charge in [-0.1, -0.05) is 25.8 Å². The molecule has 5 heteroatoms. The molecule has 2 rings (SSSR count). The molecule has 0 saturated heterocycles. The van der Waals surface area contributed by atoms with Crippen LogP contribution in [0.1, 0.15) is 50.2 Å². The van der Waals surface area contributed by atoms with Gasteiger partial charge in [0.2, 0.25) is 10.0 Å². The van der Waals surface area contributed by atoms with Crippen LogP contribution in [0, 0.1) is 0 Å². The minimum atomic E-state index is -3.47. The van der Waals surface area contributed by atoms with E-state index in [9.17, 15) is 8.42 Å². The second-order valence-corrected chi connectivity index (χ2v) is 7.55. The predicted molar refractivity (Wildman–Crippen MR) is 85.8 cm³/mol. The molecular formula is C16H26N2O2S. The first kappa shape index (κ1) is 16.5. The van der Waals surface area contributed by atoms with Crippen molar-refractivity contribution in [2.75, 3.05) is 6.54 Å². The van der Waals surface area contributed by atoms with Crippen molar-refractivity contribution in [2.24, 2.45) is 5.73 Å². The zero-order chi connectivity index (χ0) is 15.3. The van der Waals surface area contributed by atoms with Crippen molar-refractivity contribution in [3.05, 3.63) is 29.3 Å². The van der Waals surface area contributed by atoms with Crippen LogP contribution in [0.5, 0.6) is 0 Å². The van der Waals surface area contributed by atoms with Gasteiger partial charge in [0, 0.05) is 12.6 Å². The maximum absolute atomic E-state index is 12.5. The maximum atomic E-state index is 12.5. The van der Waals surface area contributed by atoms with Gasteiger partial charge in [0.25, 0.3) is 0 Å². The lowest BCUT2D eigenvalue weighted by Gasteiger charge is -2.19. The van der Waals surface area contributed by atoms with Crippen LogP contribution in [0.25, 0.3) is 0 Å². The lowest BCUT2D eigenvalue weighted by molar-refractivity contribution is 0.516. The van der Waals surface area contributed by atoms with E-state index in [1.807, 2.05) is 12.1 Å². The normalized spacial score (nSPS) is 16.5. The summed E-state index contributed by atoms with van der Waals surface area (Å²) in [6.07, 6.45) is 7.19. The van der Waals surface area contributed by atoms with Crippen molar-refractivity contribution in [2.45, 2.75) is 62.8 Å². The largest absolute Gasteiger partial charge is 0.329 e. The highest BCUT2D eigenvalue weighted by molar-refractivity contribution is 7.89. The molecule has 0 fully saturated rings. The molecule has 1 aromatic rings. The van der Waals surface area contributed by atoms with Gasteiger partial charge in [-0.3, -0.25) is 0 Å². The molecule has 0 spiro atoms. The summed E-state index contributed by atoms with van der Waals surface area (Å²) < 4.78 is 27.7. The van der Waals surface area contributed by atoms with Crippen LogP contribution in [0.15, 0.2) is 23.1 Å². The number of unbranched alkanes of at least 4 members (excludes halogenated alkanes) is 1. The third-order valence-corrected chi connectivity index (χ3v) is 5.66. The van der Waals surface area contributed by atoms with E-state index in [1.165, 1.54) is 17.5 Å². The van der Waals surface area contributed by atoms with Gasteiger partial charge in [-0.2, -0.15) is 0 Å². The van der Waals surface area contributed by atoms with Crippen LogP contribution in [-0.2, 0) is 22.9 Å². The van der Waals surface area contributed by atoms with Gasteiger partial charge in [-0.05, 0) is 55.4 Å². The topological polar surface area (TPSA) is 72.2 Å². The molecule has 4 nitrogen and oxygen atoms in total. The summed E-state index contributed by atoms with van der Waals surface area (Å²) in [5, 5.41) is 0. The molecule has 0 aliphatic heterocycles. The predicted octanol–water partition coefficient (Wildman–Crippen LogP) is 2.36. The molecular weight excluding hydrogens is 284 g/mol. The van der Waals surface area contributed by atoms with Gasteiger partial charge < -0.3 is 5.73 Å². The van der Waals surface area contributed by atoms with E-state index in [1.54, 1.807) is 6.07 Å². The van der Waals surface area contributed by atoms with Crippen molar-refractivity contribution >= 4 is 10.0 Å². The Hall–Kier alpha value is -0.910. The van der Waals surface area contributed by atoms with E-state index >= 15 is 0 Å². The molecule has 0 radical (unpaired) electrons. The minimum absolute atomic E-state index is 0.175. The summed E-state index contributed by atoms with van der Waals surface area (Å²) in [5.41, 5.74) is 8.16. The highest BCUT2D eigenvalue weighted by atomic mass is 32.2. The van der Waals surface area contributed by atoms with E-state index in [0.717, 1.165) is 38.5 Å². The highest BCUT2D eigenvalue weighted by Crippen LogP contribution is 2.24. The Kier molecular flexibility index (Phi) is 5.79. The summed E-state index contributed by atoms with van der Waals surface area (Å²) in [5.74, 6) is 0. The number of fused-ring (bicyclic) bond motifs is 1. The smallest absolute Gasteiger partial charge is 0.240 e. The van der Waals surface area contributed by atoms with Gasteiger partial charge >= 0.3 is 0 Å². The molecule has 1 aliphatic carbocycles. The van der Waals surface area contributed by atoms with Gasteiger partial charge in [0.1, 0.15) is 0 Å². The fourth-order valence-corrected chi connectivity index (χ4v) is 4.17. The summed E-state index contributed by atoms with van der Waals surface area (Å²) in [6.45, 7) is 2.43. The summed E-state index contributed by atoms with van der Waals surface area (Å²) in [6, 6.07) is 5.35. The Morgan fingerprint density at radius 3 is 2.62 bits per heavy atom. The Balaban J connectivity index is 2.15. The molecule has 1 aliphatic rings. The van der Waals surface area contributed by atoms with Gasteiger partial charge in [0.05, 0.1) is 4.90 Å². The monoisotopic (exact) mass is 310 g/mol. The molecule has 0 heterocycles. The van der Waals surface area contributed by atoms with Crippen LogP contribution in [0.4, 0.5) is 0 Å². The Labute approximate surface area is 128 Å². The van der Waals surface area contributed by atoms with Gasteiger partial charge in [-0.15, -0.1) is 0 Å².